The van der Waals surface area contributed by atoms with Gasteiger partial charge in [0.1, 0.15) is 0 Å². The summed E-state index contributed by atoms with van der Waals surface area (Å²) in [5.74, 6) is 0. The summed E-state index contributed by atoms with van der Waals surface area (Å²) in [5, 5.41) is 7.15. The Balaban J connectivity index is 1.43. The predicted octanol–water partition coefficient (Wildman–Crippen LogP) is 5.51. The van der Waals surface area contributed by atoms with Crippen LogP contribution in [0.4, 0.5) is 5.69 Å². The van der Waals surface area contributed by atoms with E-state index in [0.717, 1.165) is 11.3 Å². The zero-order valence-electron chi connectivity index (χ0n) is 16.4. The molecule has 4 heteroatoms. The van der Waals surface area contributed by atoms with E-state index in [0.29, 0.717) is 24.9 Å². The van der Waals surface area contributed by atoms with Crippen molar-refractivity contribution in [3.63, 3.8) is 0 Å². The summed E-state index contributed by atoms with van der Waals surface area (Å²) in [6.45, 7) is 6.08. The summed E-state index contributed by atoms with van der Waals surface area (Å²) >= 11 is 5.41. The smallest absolute Gasteiger partial charge is 0.171 e. The molecule has 0 fully saturated rings. The van der Waals surface area contributed by atoms with Crippen LogP contribution in [-0.4, -0.2) is 5.11 Å². The molecule has 0 atom stereocenters. The van der Waals surface area contributed by atoms with Gasteiger partial charge in [-0.05, 0) is 54.4 Å². The van der Waals surface area contributed by atoms with E-state index in [1.54, 1.807) is 0 Å². The van der Waals surface area contributed by atoms with Gasteiger partial charge < -0.3 is 15.4 Å². The molecule has 0 bridgehead atoms. The highest BCUT2D eigenvalue weighted by atomic mass is 32.1. The van der Waals surface area contributed by atoms with Crippen LogP contribution < -0.4 is 10.6 Å². The first-order chi connectivity index (χ1) is 13.6. The van der Waals surface area contributed by atoms with E-state index >= 15 is 0 Å². The van der Waals surface area contributed by atoms with Crippen LogP contribution >= 0.6 is 12.2 Å². The number of benzene rings is 3. The van der Waals surface area contributed by atoms with Crippen LogP contribution in [0.2, 0.25) is 0 Å². The molecule has 3 rings (SSSR count). The maximum Gasteiger partial charge on any atom is 0.171 e. The Morgan fingerprint density at radius 3 is 2.14 bits per heavy atom. The summed E-state index contributed by atoms with van der Waals surface area (Å²) in [7, 11) is 0. The maximum atomic E-state index is 5.78. The van der Waals surface area contributed by atoms with Crippen LogP contribution in [0.5, 0.6) is 0 Å². The zero-order chi connectivity index (χ0) is 19.8. The Morgan fingerprint density at radius 2 is 1.46 bits per heavy atom. The van der Waals surface area contributed by atoms with Crippen LogP contribution in [0.25, 0.3) is 0 Å². The lowest BCUT2D eigenvalue weighted by molar-refractivity contribution is 0.107. The molecule has 0 aliphatic carbocycles. The van der Waals surface area contributed by atoms with E-state index in [9.17, 15) is 0 Å². The second-order valence-corrected chi connectivity index (χ2v) is 7.33. The monoisotopic (exact) mass is 390 g/mol. The van der Waals surface area contributed by atoms with Crippen molar-refractivity contribution < 1.29 is 4.74 Å². The average Bonchev–Trinajstić information content (AvgIpc) is 2.70. The van der Waals surface area contributed by atoms with Gasteiger partial charge in [0.15, 0.2) is 5.11 Å². The first kappa shape index (κ1) is 20.1. The number of ether oxygens (including phenoxy) is 1. The highest BCUT2D eigenvalue weighted by Gasteiger charge is 2.02. The van der Waals surface area contributed by atoms with Crippen LogP contribution in [0.15, 0.2) is 72.8 Å². The Labute approximate surface area is 172 Å². The molecular weight excluding hydrogens is 364 g/mol. The van der Waals surface area contributed by atoms with Crippen molar-refractivity contribution in [2.75, 3.05) is 5.32 Å². The van der Waals surface area contributed by atoms with Crippen molar-refractivity contribution in [2.45, 2.75) is 33.6 Å². The minimum Gasteiger partial charge on any atom is -0.372 e. The van der Waals surface area contributed by atoms with Crippen LogP contribution in [0.1, 0.15) is 27.8 Å². The highest BCUT2D eigenvalue weighted by molar-refractivity contribution is 7.80. The largest absolute Gasteiger partial charge is 0.372 e. The predicted molar refractivity (Wildman–Crippen MR) is 120 cm³/mol. The van der Waals surface area contributed by atoms with Gasteiger partial charge in [0, 0.05) is 12.2 Å². The van der Waals surface area contributed by atoms with E-state index in [-0.39, 0.29) is 0 Å². The van der Waals surface area contributed by atoms with Gasteiger partial charge in [-0.15, -0.1) is 0 Å². The molecule has 0 aliphatic heterocycles. The van der Waals surface area contributed by atoms with Crippen LogP contribution in [0.3, 0.4) is 0 Å². The van der Waals surface area contributed by atoms with Gasteiger partial charge in [0.2, 0.25) is 0 Å². The Kier molecular flexibility index (Phi) is 7.18. The molecule has 0 aliphatic rings. The van der Waals surface area contributed by atoms with E-state index in [1.165, 1.54) is 22.3 Å². The van der Waals surface area contributed by atoms with E-state index < -0.39 is 0 Å². The number of nitrogens with one attached hydrogen (secondary N) is 2. The molecule has 3 nitrogen and oxygen atoms in total. The van der Waals surface area contributed by atoms with E-state index in [4.69, 9.17) is 17.0 Å². The topological polar surface area (TPSA) is 33.3 Å². The molecule has 3 aromatic carbocycles. The van der Waals surface area contributed by atoms with Gasteiger partial charge in [-0.3, -0.25) is 0 Å². The number of thiocarbonyl (C=S) groups is 1. The van der Waals surface area contributed by atoms with Crippen molar-refractivity contribution in [3.8, 4) is 0 Å². The fraction of sp³-hybridized carbons (Fsp3) is 0.208. The normalized spacial score (nSPS) is 10.5. The summed E-state index contributed by atoms with van der Waals surface area (Å²) in [6.07, 6.45) is 0. The summed E-state index contributed by atoms with van der Waals surface area (Å²) < 4.78 is 5.78. The zero-order valence-corrected chi connectivity index (χ0v) is 17.2. The molecule has 0 saturated heterocycles. The summed E-state index contributed by atoms with van der Waals surface area (Å²) in [4.78, 5) is 0. The number of hydrogen-bond acceptors (Lipinski definition) is 2. The quantitative estimate of drug-likeness (QED) is 0.522. The first-order valence-electron chi connectivity index (χ1n) is 9.42. The lowest BCUT2D eigenvalue weighted by Crippen LogP contribution is -2.28. The first-order valence-corrected chi connectivity index (χ1v) is 9.82. The molecule has 28 heavy (non-hydrogen) atoms. The second-order valence-electron chi connectivity index (χ2n) is 6.92. The van der Waals surface area contributed by atoms with Crippen molar-refractivity contribution in [3.05, 3.63) is 101 Å². The number of aryl methyl sites for hydroxylation is 2. The average molecular weight is 391 g/mol. The fourth-order valence-corrected chi connectivity index (χ4v) is 3.10. The Bertz CT molecular complexity index is 908. The summed E-state index contributed by atoms with van der Waals surface area (Å²) in [6, 6.07) is 24.9. The van der Waals surface area contributed by atoms with Crippen molar-refractivity contribution >= 4 is 23.0 Å². The molecule has 0 unspecified atom stereocenters. The lowest BCUT2D eigenvalue weighted by Gasteiger charge is -2.13. The molecule has 0 aromatic heterocycles. The lowest BCUT2D eigenvalue weighted by atomic mass is 10.1. The van der Waals surface area contributed by atoms with E-state index in [1.807, 2.05) is 18.2 Å². The van der Waals surface area contributed by atoms with E-state index in [2.05, 4.69) is 79.1 Å². The Morgan fingerprint density at radius 1 is 0.821 bits per heavy atom. The SMILES string of the molecule is Cc1ccc(NC(=S)NCc2ccc(COCc3ccccc3)cc2)c(C)c1. The molecule has 144 valence electrons. The number of hydrogen-bond donors (Lipinski definition) is 2. The third kappa shape index (κ3) is 6.19. The molecule has 0 radical (unpaired) electrons. The third-order valence-corrected chi connectivity index (χ3v) is 4.73. The molecule has 3 aromatic rings. The number of rotatable bonds is 7. The van der Waals surface area contributed by atoms with Crippen molar-refractivity contribution in [1.29, 1.82) is 0 Å². The Hall–Kier alpha value is -2.69. The fourth-order valence-electron chi connectivity index (χ4n) is 2.92. The maximum absolute atomic E-state index is 5.78. The van der Waals surface area contributed by atoms with Crippen molar-refractivity contribution in [1.82, 2.24) is 5.32 Å². The molecule has 0 spiro atoms. The van der Waals surface area contributed by atoms with Gasteiger partial charge in [0.25, 0.3) is 0 Å². The minimum atomic E-state index is 0.606. The molecule has 0 amide bonds. The molecular formula is C24H26N2OS. The van der Waals surface area contributed by atoms with Gasteiger partial charge >= 0.3 is 0 Å². The molecule has 0 heterocycles. The summed E-state index contributed by atoms with van der Waals surface area (Å²) in [5.41, 5.74) is 6.99. The second kappa shape index (κ2) is 10.0. The standard InChI is InChI=1S/C24H26N2OS/c1-18-8-13-23(19(2)14-18)26-24(28)25-15-20-9-11-22(12-10-20)17-27-16-21-6-4-3-5-7-21/h3-14H,15-17H2,1-2H3,(H2,25,26,28). The minimum absolute atomic E-state index is 0.606. The highest BCUT2D eigenvalue weighted by Crippen LogP contribution is 2.16. The number of anilines is 1. The van der Waals surface area contributed by atoms with Gasteiger partial charge in [0.05, 0.1) is 13.2 Å². The molecule has 2 N–H and O–H groups in total. The van der Waals surface area contributed by atoms with Crippen LogP contribution in [-0.2, 0) is 24.5 Å². The molecule has 0 saturated carbocycles. The van der Waals surface area contributed by atoms with Gasteiger partial charge in [-0.2, -0.15) is 0 Å². The van der Waals surface area contributed by atoms with Crippen molar-refractivity contribution in [2.24, 2.45) is 0 Å². The third-order valence-electron chi connectivity index (χ3n) is 4.49. The van der Waals surface area contributed by atoms with Gasteiger partial charge in [-0.1, -0.05) is 72.3 Å². The van der Waals surface area contributed by atoms with Crippen LogP contribution in [0, 0.1) is 13.8 Å². The van der Waals surface area contributed by atoms with Gasteiger partial charge in [-0.25, -0.2) is 0 Å².